The second-order valence-electron chi connectivity index (χ2n) is 7.47. The molecule has 3 aliphatic rings. The number of rotatable bonds is 2. The maximum Gasteiger partial charge on any atom is 0.257 e. The van der Waals surface area contributed by atoms with Gasteiger partial charge in [-0.15, -0.1) is 0 Å². The highest BCUT2D eigenvalue weighted by Crippen LogP contribution is 2.31. The van der Waals surface area contributed by atoms with E-state index in [0.717, 1.165) is 45.1 Å². The standard InChI is InChI=1S/C21H26N2O3/c24-20(15-6-2-1-3-7-15)22-16-9-10-19-18(14-16)21(25)23-12-5-4-8-17(23)11-13-26-19/h1-2,9-10,14-15,17H,3-8,11-13H2,(H,22,24)/t15-,17+/m0/s1. The van der Waals surface area contributed by atoms with Crippen LogP contribution in [0.15, 0.2) is 30.4 Å². The van der Waals surface area contributed by atoms with Crippen molar-refractivity contribution >= 4 is 17.5 Å². The van der Waals surface area contributed by atoms with E-state index in [1.54, 1.807) is 6.07 Å². The van der Waals surface area contributed by atoms with Crippen LogP contribution in [0.2, 0.25) is 0 Å². The highest BCUT2D eigenvalue weighted by Gasteiger charge is 2.31. The van der Waals surface area contributed by atoms with Gasteiger partial charge in [0.05, 0.1) is 12.2 Å². The number of hydrogen-bond acceptors (Lipinski definition) is 3. The lowest BCUT2D eigenvalue weighted by Gasteiger charge is -2.37. The molecule has 0 radical (unpaired) electrons. The molecular formula is C21H26N2O3. The summed E-state index contributed by atoms with van der Waals surface area (Å²) in [6.45, 7) is 1.44. The van der Waals surface area contributed by atoms with E-state index in [4.69, 9.17) is 4.74 Å². The number of carbonyl (C=O) groups excluding carboxylic acids is 2. The van der Waals surface area contributed by atoms with Crippen molar-refractivity contribution in [2.24, 2.45) is 5.92 Å². The SMILES string of the molecule is O=C(Nc1ccc2c(c1)C(=O)N1CCCC[C@@H]1CCO2)[C@H]1CC=CCC1. The van der Waals surface area contributed by atoms with Gasteiger partial charge in [-0.05, 0) is 56.7 Å². The van der Waals surface area contributed by atoms with Crippen LogP contribution >= 0.6 is 0 Å². The zero-order valence-electron chi connectivity index (χ0n) is 15.1. The van der Waals surface area contributed by atoms with E-state index in [9.17, 15) is 9.59 Å². The second kappa shape index (κ2) is 7.52. The summed E-state index contributed by atoms with van der Waals surface area (Å²) in [5.41, 5.74) is 1.24. The molecule has 138 valence electrons. The van der Waals surface area contributed by atoms with E-state index in [1.807, 2.05) is 17.0 Å². The normalized spacial score (nSPS) is 25.4. The lowest BCUT2D eigenvalue weighted by Crippen LogP contribution is -2.45. The van der Waals surface area contributed by atoms with Gasteiger partial charge in [0.2, 0.25) is 5.91 Å². The van der Waals surface area contributed by atoms with Crippen LogP contribution in [-0.2, 0) is 4.79 Å². The molecule has 0 bridgehead atoms. The molecule has 5 nitrogen and oxygen atoms in total. The van der Waals surface area contributed by atoms with Crippen LogP contribution in [0.25, 0.3) is 0 Å². The van der Waals surface area contributed by atoms with Crippen molar-refractivity contribution in [1.29, 1.82) is 0 Å². The Balaban J connectivity index is 1.55. The molecule has 5 heteroatoms. The van der Waals surface area contributed by atoms with Gasteiger partial charge in [-0.1, -0.05) is 12.2 Å². The summed E-state index contributed by atoms with van der Waals surface area (Å²) in [6, 6.07) is 5.70. The first-order valence-corrected chi connectivity index (χ1v) is 9.76. The van der Waals surface area contributed by atoms with Gasteiger partial charge >= 0.3 is 0 Å². The molecule has 1 aliphatic carbocycles. The van der Waals surface area contributed by atoms with E-state index in [1.165, 1.54) is 6.42 Å². The Morgan fingerprint density at radius 2 is 2.08 bits per heavy atom. The largest absolute Gasteiger partial charge is 0.493 e. The minimum atomic E-state index is 0.0143. The Kier molecular flexibility index (Phi) is 4.96. The predicted molar refractivity (Wildman–Crippen MR) is 100 cm³/mol. The van der Waals surface area contributed by atoms with E-state index >= 15 is 0 Å². The summed E-state index contributed by atoms with van der Waals surface area (Å²) < 4.78 is 5.85. The Hall–Kier alpha value is -2.30. The molecule has 2 aliphatic heterocycles. The van der Waals surface area contributed by atoms with Crippen molar-refractivity contribution in [2.45, 2.75) is 51.0 Å². The molecule has 1 aromatic rings. The lowest BCUT2D eigenvalue weighted by molar-refractivity contribution is -0.120. The third kappa shape index (κ3) is 3.48. The van der Waals surface area contributed by atoms with Crippen molar-refractivity contribution in [2.75, 3.05) is 18.5 Å². The number of ether oxygens (including phenoxy) is 1. The van der Waals surface area contributed by atoms with Crippen LogP contribution in [0.5, 0.6) is 5.75 Å². The van der Waals surface area contributed by atoms with Crippen LogP contribution in [0.1, 0.15) is 55.3 Å². The van der Waals surface area contributed by atoms with Crippen LogP contribution in [-0.4, -0.2) is 35.9 Å². The molecule has 2 heterocycles. The number of nitrogens with zero attached hydrogens (tertiary/aromatic N) is 1. The molecule has 0 saturated carbocycles. The number of anilines is 1. The Morgan fingerprint density at radius 3 is 2.92 bits per heavy atom. The van der Waals surface area contributed by atoms with Crippen molar-refractivity contribution in [3.8, 4) is 5.75 Å². The van der Waals surface area contributed by atoms with Crippen LogP contribution < -0.4 is 10.1 Å². The van der Waals surface area contributed by atoms with E-state index < -0.39 is 0 Å². The number of carbonyl (C=O) groups is 2. The van der Waals surface area contributed by atoms with Crippen LogP contribution in [0, 0.1) is 5.92 Å². The molecule has 2 atom stereocenters. The summed E-state index contributed by atoms with van der Waals surface area (Å²) in [5, 5.41) is 2.99. The fraction of sp³-hybridized carbons (Fsp3) is 0.524. The molecule has 4 rings (SSSR count). The quantitative estimate of drug-likeness (QED) is 0.823. The first-order chi connectivity index (χ1) is 12.7. The number of allylic oxidation sites excluding steroid dienone is 2. The molecule has 0 aromatic heterocycles. The molecule has 0 unspecified atom stereocenters. The third-order valence-electron chi connectivity index (χ3n) is 5.71. The summed E-state index contributed by atoms with van der Waals surface area (Å²) in [7, 11) is 0. The van der Waals surface area contributed by atoms with Gasteiger partial charge in [0.25, 0.3) is 5.91 Å². The van der Waals surface area contributed by atoms with E-state index in [-0.39, 0.29) is 23.8 Å². The fourth-order valence-corrected chi connectivity index (χ4v) is 4.20. The van der Waals surface area contributed by atoms with E-state index in [2.05, 4.69) is 17.5 Å². The third-order valence-corrected chi connectivity index (χ3v) is 5.71. The fourth-order valence-electron chi connectivity index (χ4n) is 4.20. The smallest absolute Gasteiger partial charge is 0.257 e. The first kappa shape index (κ1) is 17.1. The second-order valence-corrected chi connectivity index (χ2v) is 7.47. The Bertz CT molecular complexity index is 728. The molecule has 1 fully saturated rings. The number of amides is 2. The first-order valence-electron chi connectivity index (χ1n) is 9.76. The molecule has 2 amide bonds. The summed E-state index contributed by atoms with van der Waals surface area (Å²) >= 11 is 0. The minimum Gasteiger partial charge on any atom is -0.493 e. The summed E-state index contributed by atoms with van der Waals surface area (Å²) in [5.74, 6) is 0.698. The molecule has 1 saturated heterocycles. The zero-order chi connectivity index (χ0) is 17.9. The van der Waals surface area contributed by atoms with Gasteiger partial charge in [0, 0.05) is 30.6 Å². The van der Waals surface area contributed by atoms with Gasteiger partial charge in [0.1, 0.15) is 5.75 Å². The number of benzene rings is 1. The molecule has 26 heavy (non-hydrogen) atoms. The maximum absolute atomic E-state index is 13.1. The Labute approximate surface area is 154 Å². The number of piperidine rings is 1. The zero-order valence-corrected chi connectivity index (χ0v) is 15.1. The number of hydrogen-bond donors (Lipinski definition) is 1. The van der Waals surface area contributed by atoms with Gasteiger partial charge in [-0.25, -0.2) is 0 Å². The van der Waals surface area contributed by atoms with Crippen molar-refractivity contribution in [3.05, 3.63) is 35.9 Å². The lowest BCUT2D eigenvalue weighted by atomic mass is 9.93. The van der Waals surface area contributed by atoms with E-state index in [0.29, 0.717) is 23.6 Å². The van der Waals surface area contributed by atoms with Gasteiger partial charge in [-0.3, -0.25) is 9.59 Å². The van der Waals surface area contributed by atoms with Gasteiger partial charge in [0.15, 0.2) is 0 Å². The van der Waals surface area contributed by atoms with Crippen molar-refractivity contribution in [3.63, 3.8) is 0 Å². The van der Waals surface area contributed by atoms with Gasteiger partial charge in [-0.2, -0.15) is 0 Å². The monoisotopic (exact) mass is 354 g/mol. The van der Waals surface area contributed by atoms with Gasteiger partial charge < -0.3 is 15.0 Å². The van der Waals surface area contributed by atoms with Crippen molar-refractivity contribution < 1.29 is 14.3 Å². The number of nitrogens with one attached hydrogen (secondary N) is 1. The van der Waals surface area contributed by atoms with Crippen LogP contribution in [0.3, 0.4) is 0 Å². The average Bonchev–Trinajstić information content (AvgIpc) is 2.68. The molecule has 0 spiro atoms. The highest BCUT2D eigenvalue weighted by molar-refractivity contribution is 6.00. The molecule has 1 aromatic carbocycles. The van der Waals surface area contributed by atoms with Crippen LogP contribution in [0.4, 0.5) is 5.69 Å². The summed E-state index contributed by atoms with van der Waals surface area (Å²) in [6.07, 6.45) is 11.0. The van der Waals surface area contributed by atoms with Crippen molar-refractivity contribution in [1.82, 2.24) is 4.90 Å². The average molecular weight is 354 g/mol. The summed E-state index contributed by atoms with van der Waals surface area (Å²) in [4.78, 5) is 27.6. The Morgan fingerprint density at radius 1 is 1.15 bits per heavy atom. The topological polar surface area (TPSA) is 58.6 Å². The molecule has 1 N–H and O–H groups in total. The minimum absolute atomic E-state index is 0.0143. The highest BCUT2D eigenvalue weighted by atomic mass is 16.5. The number of fused-ring (bicyclic) bond motifs is 2. The maximum atomic E-state index is 13.1. The molecular weight excluding hydrogens is 328 g/mol. The predicted octanol–water partition coefficient (Wildman–Crippen LogP) is 3.76.